The molecule has 1 unspecified atom stereocenters. The van der Waals surface area contributed by atoms with Gasteiger partial charge in [0.1, 0.15) is 5.75 Å². The molecule has 1 fully saturated rings. The zero-order chi connectivity index (χ0) is 15.2. The molecule has 1 aromatic rings. The van der Waals surface area contributed by atoms with Gasteiger partial charge in [0.2, 0.25) is 5.91 Å². The molecular weight excluding hydrogens is 272 g/mol. The predicted molar refractivity (Wildman–Crippen MR) is 78.4 cm³/mol. The van der Waals surface area contributed by atoms with Crippen molar-refractivity contribution in [2.45, 2.75) is 12.8 Å². The third kappa shape index (κ3) is 4.19. The van der Waals surface area contributed by atoms with Gasteiger partial charge in [0.25, 0.3) is 0 Å². The maximum absolute atomic E-state index is 12.1. The number of carbonyl (C=O) groups is 2. The smallest absolute Gasteiger partial charge is 0.307 e. The van der Waals surface area contributed by atoms with Gasteiger partial charge >= 0.3 is 5.97 Å². The molecule has 1 amide bonds. The molecule has 1 heterocycles. The van der Waals surface area contributed by atoms with Crippen molar-refractivity contribution in [3.63, 3.8) is 0 Å². The first-order chi connectivity index (χ1) is 10.1. The van der Waals surface area contributed by atoms with E-state index in [9.17, 15) is 9.59 Å². The Morgan fingerprint density at radius 2 is 2.19 bits per heavy atom. The molecule has 0 bridgehead atoms. The summed E-state index contributed by atoms with van der Waals surface area (Å²) in [4.78, 5) is 25.0. The summed E-state index contributed by atoms with van der Waals surface area (Å²) in [5.41, 5.74) is 0.622. The van der Waals surface area contributed by atoms with Gasteiger partial charge in [-0.25, -0.2) is 0 Å². The van der Waals surface area contributed by atoms with Crippen LogP contribution < -0.4 is 10.1 Å². The van der Waals surface area contributed by atoms with Crippen LogP contribution in [-0.4, -0.2) is 48.6 Å². The second-order valence-electron chi connectivity index (χ2n) is 5.16. The molecule has 1 atom stereocenters. The van der Waals surface area contributed by atoms with E-state index in [0.29, 0.717) is 24.4 Å². The average Bonchev–Trinajstić information content (AvgIpc) is 2.48. The highest BCUT2D eigenvalue weighted by molar-refractivity contribution is 5.93. The number of carboxylic acids is 1. The molecule has 1 saturated heterocycles. The van der Waals surface area contributed by atoms with E-state index in [2.05, 4.69) is 5.32 Å². The second kappa shape index (κ2) is 7.08. The van der Waals surface area contributed by atoms with Crippen molar-refractivity contribution in [3.8, 4) is 5.75 Å². The van der Waals surface area contributed by atoms with E-state index in [1.54, 1.807) is 19.2 Å². The van der Waals surface area contributed by atoms with Crippen LogP contribution in [0.15, 0.2) is 24.3 Å². The average molecular weight is 292 g/mol. The number of aliphatic carboxylic acids is 1. The Balaban J connectivity index is 1.91. The Bertz CT molecular complexity index is 518. The maximum Gasteiger partial charge on any atom is 0.307 e. The molecule has 6 heteroatoms. The summed E-state index contributed by atoms with van der Waals surface area (Å²) in [6, 6.07) is 7.19. The SMILES string of the molecule is COc1ccccc1NC(=O)CN1CCCC(C(=O)O)C1. The lowest BCUT2D eigenvalue weighted by atomic mass is 9.98. The van der Waals surface area contributed by atoms with E-state index < -0.39 is 5.97 Å². The van der Waals surface area contributed by atoms with E-state index in [-0.39, 0.29) is 18.4 Å². The normalized spacial score (nSPS) is 19.0. The molecule has 0 radical (unpaired) electrons. The van der Waals surface area contributed by atoms with Crippen LogP contribution in [0.3, 0.4) is 0 Å². The van der Waals surface area contributed by atoms with E-state index in [4.69, 9.17) is 9.84 Å². The van der Waals surface area contributed by atoms with Gasteiger partial charge in [-0.05, 0) is 31.5 Å². The fourth-order valence-electron chi connectivity index (χ4n) is 2.54. The Labute approximate surface area is 123 Å². The van der Waals surface area contributed by atoms with Crippen molar-refractivity contribution in [2.24, 2.45) is 5.92 Å². The fraction of sp³-hybridized carbons (Fsp3) is 0.467. The summed E-state index contributed by atoms with van der Waals surface area (Å²) in [6.07, 6.45) is 1.48. The maximum atomic E-state index is 12.1. The molecule has 0 saturated carbocycles. The first kappa shape index (κ1) is 15.3. The number of para-hydroxylation sites is 2. The molecule has 1 aliphatic rings. The molecule has 1 aliphatic heterocycles. The van der Waals surface area contributed by atoms with Crippen molar-refractivity contribution >= 4 is 17.6 Å². The van der Waals surface area contributed by atoms with Gasteiger partial charge in [-0.3, -0.25) is 14.5 Å². The quantitative estimate of drug-likeness (QED) is 0.858. The van der Waals surface area contributed by atoms with Crippen molar-refractivity contribution in [1.82, 2.24) is 4.90 Å². The van der Waals surface area contributed by atoms with Crippen LogP contribution in [0.4, 0.5) is 5.69 Å². The number of hydrogen-bond donors (Lipinski definition) is 2. The molecule has 0 aromatic heterocycles. The second-order valence-corrected chi connectivity index (χ2v) is 5.16. The molecule has 2 rings (SSSR count). The van der Waals surface area contributed by atoms with Crippen LogP contribution in [0.2, 0.25) is 0 Å². The number of ether oxygens (including phenoxy) is 1. The summed E-state index contributed by atoms with van der Waals surface area (Å²) < 4.78 is 5.18. The molecular formula is C15H20N2O4. The first-order valence-corrected chi connectivity index (χ1v) is 6.98. The third-order valence-corrected chi connectivity index (χ3v) is 3.60. The van der Waals surface area contributed by atoms with Gasteiger partial charge in [0.15, 0.2) is 0 Å². The van der Waals surface area contributed by atoms with Gasteiger partial charge in [-0.15, -0.1) is 0 Å². The number of likely N-dealkylation sites (tertiary alicyclic amines) is 1. The number of carboxylic acid groups (broad SMARTS) is 1. The zero-order valence-corrected chi connectivity index (χ0v) is 12.0. The Hall–Kier alpha value is -2.08. The summed E-state index contributed by atoms with van der Waals surface area (Å²) >= 11 is 0. The molecule has 0 spiro atoms. The predicted octanol–water partition coefficient (Wildman–Crippen LogP) is 1.43. The van der Waals surface area contributed by atoms with Crippen molar-refractivity contribution in [3.05, 3.63) is 24.3 Å². The van der Waals surface area contributed by atoms with Crippen LogP contribution in [0.25, 0.3) is 0 Å². The van der Waals surface area contributed by atoms with Crippen LogP contribution >= 0.6 is 0 Å². The number of nitrogens with one attached hydrogen (secondary N) is 1. The van der Waals surface area contributed by atoms with Gasteiger partial charge in [-0.1, -0.05) is 12.1 Å². The number of hydrogen-bond acceptors (Lipinski definition) is 4. The topological polar surface area (TPSA) is 78.9 Å². The number of anilines is 1. The Kier molecular flexibility index (Phi) is 5.16. The molecule has 2 N–H and O–H groups in total. The highest BCUT2D eigenvalue weighted by Gasteiger charge is 2.26. The minimum absolute atomic E-state index is 0.162. The van der Waals surface area contributed by atoms with Crippen LogP contribution in [0.1, 0.15) is 12.8 Å². The van der Waals surface area contributed by atoms with Gasteiger partial charge in [-0.2, -0.15) is 0 Å². The highest BCUT2D eigenvalue weighted by atomic mass is 16.5. The number of piperidine rings is 1. The van der Waals surface area contributed by atoms with E-state index >= 15 is 0 Å². The third-order valence-electron chi connectivity index (χ3n) is 3.60. The van der Waals surface area contributed by atoms with Crippen molar-refractivity contribution < 1.29 is 19.4 Å². The molecule has 21 heavy (non-hydrogen) atoms. The van der Waals surface area contributed by atoms with E-state index in [1.165, 1.54) is 0 Å². The lowest BCUT2D eigenvalue weighted by molar-refractivity contribution is -0.144. The summed E-state index contributed by atoms with van der Waals surface area (Å²) in [5, 5.41) is 11.8. The zero-order valence-electron chi connectivity index (χ0n) is 12.0. The molecule has 6 nitrogen and oxygen atoms in total. The van der Waals surface area contributed by atoms with Crippen LogP contribution in [0.5, 0.6) is 5.75 Å². The molecule has 114 valence electrons. The summed E-state index contributed by atoms with van der Waals surface area (Å²) in [6.45, 7) is 1.37. The number of carbonyl (C=O) groups excluding carboxylic acids is 1. The fourth-order valence-corrected chi connectivity index (χ4v) is 2.54. The Morgan fingerprint density at radius 3 is 2.90 bits per heavy atom. The van der Waals surface area contributed by atoms with Crippen LogP contribution in [0, 0.1) is 5.92 Å². The largest absolute Gasteiger partial charge is 0.495 e. The number of nitrogens with zero attached hydrogens (tertiary/aromatic N) is 1. The minimum atomic E-state index is -0.787. The summed E-state index contributed by atoms with van der Waals surface area (Å²) in [5.74, 6) is -0.721. The monoisotopic (exact) mass is 292 g/mol. The lowest BCUT2D eigenvalue weighted by Gasteiger charge is -2.29. The Morgan fingerprint density at radius 1 is 1.43 bits per heavy atom. The lowest BCUT2D eigenvalue weighted by Crippen LogP contribution is -2.42. The number of rotatable bonds is 5. The van der Waals surface area contributed by atoms with Gasteiger partial charge in [0, 0.05) is 6.54 Å². The van der Waals surface area contributed by atoms with Crippen molar-refractivity contribution in [2.75, 3.05) is 32.1 Å². The minimum Gasteiger partial charge on any atom is -0.495 e. The standard InChI is InChI=1S/C15H20N2O4/c1-21-13-7-3-2-6-12(13)16-14(18)10-17-8-4-5-11(9-17)15(19)20/h2-3,6-7,11H,4-5,8-10H2,1H3,(H,16,18)(H,19,20). The highest BCUT2D eigenvalue weighted by Crippen LogP contribution is 2.23. The van der Waals surface area contributed by atoms with Gasteiger partial charge < -0.3 is 15.2 Å². The first-order valence-electron chi connectivity index (χ1n) is 6.98. The molecule has 1 aromatic carbocycles. The van der Waals surface area contributed by atoms with E-state index in [1.807, 2.05) is 17.0 Å². The number of benzene rings is 1. The summed E-state index contributed by atoms with van der Waals surface area (Å²) in [7, 11) is 1.55. The van der Waals surface area contributed by atoms with E-state index in [0.717, 1.165) is 13.0 Å². The van der Waals surface area contributed by atoms with Crippen LogP contribution in [-0.2, 0) is 9.59 Å². The number of amides is 1. The van der Waals surface area contributed by atoms with Gasteiger partial charge in [0.05, 0.1) is 25.3 Å². The number of methoxy groups -OCH3 is 1. The van der Waals surface area contributed by atoms with Crippen molar-refractivity contribution in [1.29, 1.82) is 0 Å². The molecule has 0 aliphatic carbocycles.